The first-order valence-corrected chi connectivity index (χ1v) is 18.3. The molecule has 7 aromatic rings. The lowest BCUT2D eigenvalue weighted by Crippen LogP contribution is -2.57. The number of hydrogen-bond donors (Lipinski definition) is 3. The monoisotopic (exact) mass is 752 g/mol. The molecule has 1 aliphatic carbocycles. The van der Waals surface area contributed by atoms with Crippen LogP contribution in [0.5, 0.6) is 0 Å². The van der Waals surface area contributed by atoms with Crippen molar-refractivity contribution in [1.29, 1.82) is 0 Å². The molecule has 0 spiro atoms. The van der Waals surface area contributed by atoms with E-state index in [1.54, 1.807) is 36.5 Å². The van der Waals surface area contributed by atoms with Gasteiger partial charge in [0.2, 0.25) is 11.8 Å². The van der Waals surface area contributed by atoms with Crippen LogP contribution in [-0.2, 0) is 15.1 Å². The van der Waals surface area contributed by atoms with Crippen molar-refractivity contribution in [3.63, 3.8) is 0 Å². The topological polar surface area (TPSA) is 154 Å². The van der Waals surface area contributed by atoms with Crippen LogP contribution in [0.2, 0.25) is 0 Å². The third kappa shape index (κ3) is 6.12. The first kappa shape index (κ1) is 34.9. The van der Waals surface area contributed by atoms with Gasteiger partial charge in [-0.25, -0.2) is 28.1 Å². The molecule has 56 heavy (non-hydrogen) atoms. The summed E-state index contributed by atoms with van der Waals surface area (Å²) >= 11 is 0. The number of carbonyl (C=O) groups is 3. The van der Waals surface area contributed by atoms with Crippen molar-refractivity contribution in [2.24, 2.45) is 0 Å². The summed E-state index contributed by atoms with van der Waals surface area (Å²) in [5.41, 5.74) is 4.92. The number of benzene rings is 3. The zero-order valence-electron chi connectivity index (χ0n) is 29.8. The van der Waals surface area contributed by atoms with Gasteiger partial charge in [0.1, 0.15) is 6.04 Å². The third-order valence-electron chi connectivity index (χ3n) is 10.9. The molecule has 14 heteroatoms. The van der Waals surface area contributed by atoms with Crippen molar-refractivity contribution in [1.82, 2.24) is 40.1 Å². The Hall–Kier alpha value is -6.83. The summed E-state index contributed by atoms with van der Waals surface area (Å²) in [4.78, 5) is 62.7. The summed E-state index contributed by atoms with van der Waals surface area (Å²) in [7, 11) is 0. The molecule has 3 aromatic carbocycles. The van der Waals surface area contributed by atoms with Gasteiger partial charge in [-0.15, -0.1) is 0 Å². The van der Waals surface area contributed by atoms with Gasteiger partial charge in [-0.2, -0.15) is 5.10 Å². The number of nitrogens with one attached hydrogen (secondary N) is 3. The Labute approximate surface area is 317 Å². The molecule has 1 saturated heterocycles. The number of fused-ring (bicyclic) bond motifs is 4. The molecule has 12 nitrogen and oxygen atoms in total. The average molecular weight is 753 g/mol. The number of aromatic nitrogens is 5. The maximum absolute atomic E-state index is 14.9. The fourth-order valence-electron chi connectivity index (χ4n) is 7.91. The molecule has 0 radical (unpaired) electrons. The second-order valence-electron chi connectivity index (χ2n) is 14.4. The zero-order chi connectivity index (χ0) is 38.6. The maximum atomic E-state index is 14.9. The Bertz CT molecular complexity index is 2740. The van der Waals surface area contributed by atoms with Crippen LogP contribution in [0.1, 0.15) is 41.6 Å². The summed E-state index contributed by atoms with van der Waals surface area (Å²) in [5.74, 6) is -5.28. The highest BCUT2D eigenvalue weighted by atomic mass is 19.3. The lowest BCUT2D eigenvalue weighted by atomic mass is 9.71. The Morgan fingerprint density at radius 1 is 0.875 bits per heavy atom. The summed E-state index contributed by atoms with van der Waals surface area (Å²) in [6.45, 7) is -1.48. The van der Waals surface area contributed by atoms with Gasteiger partial charge in [-0.05, 0) is 54.7 Å². The smallest absolute Gasteiger partial charge is 0.345 e. The lowest BCUT2D eigenvalue weighted by molar-refractivity contribution is -0.139. The SMILES string of the molecule is O=C(NCC(=O)N1CC(F)(F)C[C@H]1C(=O)NC1(c2ccc(-c3nc4ccn5c(=O)[nH]nc5c4cc3-c3ccccc3)cc2)CCC1)c1ccnc2ccccc12. The largest absolute Gasteiger partial charge is 0.347 e. The van der Waals surface area contributed by atoms with E-state index in [0.717, 1.165) is 33.6 Å². The molecule has 0 unspecified atom stereocenters. The van der Waals surface area contributed by atoms with Gasteiger partial charge in [-0.1, -0.05) is 72.8 Å². The third-order valence-corrected chi connectivity index (χ3v) is 10.9. The fourth-order valence-corrected chi connectivity index (χ4v) is 7.91. The van der Waals surface area contributed by atoms with Crippen LogP contribution in [0.3, 0.4) is 0 Å². The fraction of sp³-hybridized carbons (Fsp3) is 0.214. The number of amides is 3. The van der Waals surface area contributed by atoms with E-state index < -0.39 is 54.7 Å². The minimum absolute atomic E-state index is 0.295. The van der Waals surface area contributed by atoms with Crippen LogP contribution in [0, 0.1) is 0 Å². The number of hydrogen-bond acceptors (Lipinski definition) is 7. The van der Waals surface area contributed by atoms with Crippen molar-refractivity contribution < 1.29 is 23.2 Å². The van der Waals surface area contributed by atoms with Crippen LogP contribution in [0.25, 0.3) is 49.8 Å². The van der Waals surface area contributed by atoms with Crippen molar-refractivity contribution in [3.05, 3.63) is 131 Å². The standard InChI is InChI=1S/C42H34F2N8O4/c43-42(44)22-34(52(24-42)35(53)23-46-38(54)29-15-19-45-32-10-5-4-9-28(29)32)39(55)48-41(17-6-18-41)27-13-11-26(12-14-27)36-30(25-7-2-1-3-8-25)21-31-33(47-36)16-20-51-37(31)49-50-40(51)56/h1-5,7-16,19-21,34H,6,17-18,22-24H2,(H,46,54)(H,48,55)(H,50,56)/t34-/m0/s1. The maximum Gasteiger partial charge on any atom is 0.347 e. The molecule has 1 atom stereocenters. The number of carbonyl (C=O) groups excluding carboxylic acids is 3. The minimum atomic E-state index is -3.28. The highest BCUT2D eigenvalue weighted by Gasteiger charge is 2.52. The molecule has 2 aliphatic rings. The first-order chi connectivity index (χ1) is 27.1. The van der Waals surface area contributed by atoms with E-state index in [1.165, 1.54) is 16.7 Å². The van der Waals surface area contributed by atoms with E-state index in [4.69, 9.17) is 4.98 Å². The van der Waals surface area contributed by atoms with Crippen LogP contribution >= 0.6 is 0 Å². The van der Waals surface area contributed by atoms with Crippen LogP contribution < -0.4 is 16.3 Å². The van der Waals surface area contributed by atoms with Gasteiger partial charge in [0.25, 0.3) is 11.8 Å². The quantitative estimate of drug-likeness (QED) is 0.182. The Morgan fingerprint density at radius 2 is 1.64 bits per heavy atom. The molecule has 0 bridgehead atoms. The van der Waals surface area contributed by atoms with Crippen molar-refractivity contribution in [3.8, 4) is 22.4 Å². The number of halogens is 2. The second-order valence-corrected chi connectivity index (χ2v) is 14.4. The van der Waals surface area contributed by atoms with Gasteiger partial charge in [0.15, 0.2) is 5.65 Å². The summed E-state index contributed by atoms with van der Waals surface area (Å²) in [6.07, 6.45) is 4.29. The first-order valence-electron chi connectivity index (χ1n) is 18.3. The minimum Gasteiger partial charge on any atom is -0.345 e. The summed E-state index contributed by atoms with van der Waals surface area (Å²) in [5, 5.41) is 13.6. The summed E-state index contributed by atoms with van der Waals surface area (Å²) in [6, 6.07) is 28.3. The van der Waals surface area contributed by atoms with Crippen molar-refractivity contribution >= 4 is 45.2 Å². The zero-order valence-corrected chi connectivity index (χ0v) is 29.8. The van der Waals surface area contributed by atoms with Crippen LogP contribution in [0.4, 0.5) is 8.78 Å². The molecular formula is C42H34F2N8O4. The number of pyridine rings is 3. The van der Waals surface area contributed by atoms with E-state index in [-0.39, 0.29) is 5.69 Å². The van der Waals surface area contributed by atoms with Gasteiger partial charge in [0.05, 0.1) is 40.9 Å². The van der Waals surface area contributed by atoms with Gasteiger partial charge in [0, 0.05) is 40.7 Å². The highest BCUT2D eigenvalue weighted by molar-refractivity contribution is 6.07. The highest BCUT2D eigenvalue weighted by Crippen LogP contribution is 2.43. The number of aromatic amines is 1. The van der Waals surface area contributed by atoms with Crippen LogP contribution in [-0.4, -0.2) is 72.2 Å². The van der Waals surface area contributed by atoms with E-state index in [2.05, 4.69) is 25.8 Å². The van der Waals surface area contributed by atoms with Crippen molar-refractivity contribution in [2.75, 3.05) is 13.1 Å². The van der Waals surface area contributed by atoms with Gasteiger partial charge in [-0.3, -0.25) is 19.4 Å². The molecule has 9 rings (SSSR count). The molecule has 3 N–H and O–H groups in total. The predicted molar refractivity (Wildman–Crippen MR) is 205 cm³/mol. The number of para-hydroxylation sites is 1. The number of rotatable bonds is 8. The molecule has 3 amide bonds. The molecule has 4 aromatic heterocycles. The second kappa shape index (κ2) is 13.5. The summed E-state index contributed by atoms with van der Waals surface area (Å²) < 4.78 is 31.2. The number of likely N-dealkylation sites (tertiary alicyclic amines) is 1. The van der Waals surface area contributed by atoms with Gasteiger partial charge < -0.3 is 15.5 Å². The number of alkyl halides is 2. The number of nitrogens with zero attached hydrogens (tertiary/aromatic N) is 5. The molecule has 1 aliphatic heterocycles. The molecule has 280 valence electrons. The lowest BCUT2D eigenvalue weighted by Gasteiger charge is -2.44. The normalized spacial score (nSPS) is 17.2. The van der Waals surface area contributed by atoms with Gasteiger partial charge >= 0.3 is 5.69 Å². The molecular weight excluding hydrogens is 719 g/mol. The Morgan fingerprint density at radius 3 is 2.41 bits per heavy atom. The predicted octanol–water partition coefficient (Wildman–Crippen LogP) is 5.61. The average Bonchev–Trinajstić information content (AvgIpc) is 3.76. The molecule has 5 heterocycles. The van der Waals surface area contributed by atoms with E-state index in [9.17, 15) is 28.0 Å². The Kier molecular flexibility index (Phi) is 8.40. The van der Waals surface area contributed by atoms with E-state index in [1.807, 2.05) is 60.7 Å². The van der Waals surface area contributed by atoms with E-state index in [0.29, 0.717) is 51.6 Å². The van der Waals surface area contributed by atoms with Crippen molar-refractivity contribution in [2.45, 2.75) is 43.2 Å². The number of H-pyrrole nitrogens is 1. The van der Waals surface area contributed by atoms with Crippen LogP contribution in [0.15, 0.2) is 114 Å². The van der Waals surface area contributed by atoms with E-state index >= 15 is 0 Å². The molecule has 1 saturated carbocycles. The molecule has 2 fully saturated rings. The Balaban J connectivity index is 0.957.